The molecule has 1 aromatic heterocycles. The van der Waals surface area contributed by atoms with Crippen LogP contribution in [0.15, 0.2) is 35.7 Å². The summed E-state index contributed by atoms with van der Waals surface area (Å²) in [6.45, 7) is 3.65. The van der Waals surface area contributed by atoms with Crippen LogP contribution in [-0.2, 0) is 16.1 Å². The number of halogens is 1. The maximum Gasteiger partial charge on any atom is 0.247 e. The van der Waals surface area contributed by atoms with E-state index in [1.54, 1.807) is 29.5 Å². The van der Waals surface area contributed by atoms with Crippen molar-refractivity contribution in [1.82, 2.24) is 10.2 Å². The van der Waals surface area contributed by atoms with E-state index >= 15 is 0 Å². The molecule has 0 unspecified atom stereocenters. The third kappa shape index (κ3) is 5.27. The van der Waals surface area contributed by atoms with Gasteiger partial charge in [0.2, 0.25) is 11.8 Å². The largest absolute Gasteiger partial charge is 0.486 e. The van der Waals surface area contributed by atoms with E-state index in [0.29, 0.717) is 42.8 Å². The van der Waals surface area contributed by atoms with Crippen molar-refractivity contribution in [2.24, 2.45) is 0 Å². The Morgan fingerprint density at radius 3 is 2.89 bits per heavy atom. The molecule has 2 heterocycles. The summed E-state index contributed by atoms with van der Waals surface area (Å²) in [5.74, 6) is 0.638. The zero-order valence-corrected chi connectivity index (χ0v) is 17.0. The zero-order chi connectivity index (χ0) is 19.9. The van der Waals surface area contributed by atoms with Crippen LogP contribution in [0, 0.1) is 0 Å². The fraction of sp³-hybridized carbons (Fsp3) is 0.300. The molecule has 1 N–H and O–H groups in total. The lowest BCUT2D eigenvalue weighted by Crippen LogP contribution is -2.39. The number of nitrogens with zero attached hydrogens (tertiary/aromatic N) is 1. The fourth-order valence-electron chi connectivity index (χ4n) is 2.67. The number of fused-ring (bicyclic) bond motifs is 1. The molecule has 6 nitrogen and oxygen atoms in total. The van der Waals surface area contributed by atoms with Crippen LogP contribution in [0.2, 0.25) is 5.02 Å². The van der Waals surface area contributed by atoms with Gasteiger partial charge in [0, 0.05) is 17.5 Å². The number of thiophene rings is 1. The molecule has 0 fully saturated rings. The molecule has 0 saturated carbocycles. The Bertz CT molecular complexity index is 867. The molecule has 0 saturated heterocycles. The van der Waals surface area contributed by atoms with Gasteiger partial charge in [0.25, 0.3) is 0 Å². The molecule has 3 rings (SSSR count). The zero-order valence-electron chi connectivity index (χ0n) is 15.4. The molecule has 1 aliphatic rings. The summed E-state index contributed by atoms with van der Waals surface area (Å²) in [6.07, 6.45) is 3.08. The van der Waals surface area contributed by atoms with Crippen molar-refractivity contribution in [2.75, 3.05) is 26.3 Å². The van der Waals surface area contributed by atoms with Crippen LogP contribution in [0.1, 0.15) is 17.4 Å². The monoisotopic (exact) mass is 420 g/mol. The number of amides is 2. The van der Waals surface area contributed by atoms with Gasteiger partial charge in [0.15, 0.2) is 11.5 Å². The van der Waals surface area contributed by atoms with E-state index in [4.69, 9.17) is 21.1 Å². The van der Waals surface area contributed by atoms with E-state index in [1.165, 1.54) is 11.0 Å². The summed E-state index contributed by atoms with van der Waals surface area (Å²) in [5, 5.41) is 5.22. The highest BCUT2D eigenvalue weighted by atomic mass is 35.5. The minimum Gasteiger partial charge on any atom is -0.486 e. The number of nitrogens with one attached hydrogen (secondary N) is 1. The number of ether oxygens (including phenoxy) is 2. The maximum atomic E-state index is 12.5. The molecule has 148 valence electrons. The van der Waals surface area contributed by atoms with Gasteiger partial charge in [-0.1, -0.05) is 17.7 Å². The lowest BCUT2D eigenvalue weighted by Gasteiger charge is -2.20. The van der Waals surface area contributed by atoms with Crippen molar-refractivity contribution < 1.29 is 19.1 Å². The van der Waals surface area contributed by atoms with Crippen LogP contribution in [-0.4, -0.2) is 43.0 Å². The molecule has 0 bridgehead atoms. The average molecular weight is 421 g/mol. The molecule has 0 spiro atoms. The van der Waals surface area contributed by atoms with Gasteiger partial charge in [-0.15, -0.1) is 11.3 Å². The second-order valence-corrected chi connectivity index (χ2v) is 7.51. The topological polar surface area (TPSA) is 67.9 Å². The predicted molar refractivity (Wildman–Crippen MR) is 110 cm³/mol. The Kier molecular flexibility index (Phi) is 6.95. The van der Waals surface area contributed by atoms with Crippen molar-refractivity contribution in [3.8, 4) is 11.5 Å². The first kappa shape index (κ1) is 20.2. The second kappa shape index (κ2) is 9.61. The third-order valence-electron chi connectivity index (χ3n) is 4.11. The van der Waals surface area contributed by atoms with Gasteiger partial charge in [0.1, 0.15) is 13.2 Å². The first-order chi connectivity index (χ1) is 13.6. The van der Waals surface area contributed by atoms with E-state index in [-0.39, 0.29) is 18.4 Å². The van der Waals surface area contributed by atoms with Crippen molar-refractivity contribution in [3.05, 3.63) is 51.2 Å². The smallest absolute Gasteiger partial charge is 0.247 e. The van der Waals surface area contributed by atoms with Crippen LogP contribution in [0.4, 0.5) is 0 Å². The molecule has 0 atom stereocenters. The fourth-order valence-corrected chi connectivity index (χ4v) is 3.59. The Hall–Kier alpha value is -2.51. The molecule has 1 aliphatic heterocycles. The Labute approximate surface area is 172 Å². The highest BCUT2D eigenvalue weighted by Gasteiger charge is 2.17. The Morgan fingerprint density at radius 2 is 2.14 bits per heavy atom. The van der Waals surface area contributed by atoms with Crippen molar-refractivity contribution >= 4 is 40.8 Å². The quantitative estimate of drug-likeness (QED) is 0.697. The van der Waals surface area contributed by atoms with E-state index in [9.17, 15) is 9.59 Å². The molecule has 0 aliphatic carbocycles. The highest BCUT2D eigenvalue weighted by molar-refractivity contribution is 7.09. The van der Waals surface area contributed by atoms with Gasteiger partial charge in [-0.05, 0) is 42.1 Å². The van der Waals surface area contributed by atoms with Crippen molar-refractivity contribution in [1.29, 1.82) is 0 Å². The van der Waals surface area contributed by atoms with Gasteiger partial charge in [-0.25, -0.2) is 0 Å². The maximum absolute atomic E-state index is 12.5. The lowest BCUT2D eigenvalue weighted by molar-refractivity contribution is -0.132. The summed E-state index contributed by atoms with van der Waals surface area (Å²) < 4.78 is 11.0. The normalized spacial score (nSPS) is 12.8. The molecule has 2 amide bonds. The summed E-state index contributed by atoms with van der Waals surface area (Å²) in [4.78, 5) is 27.1. The SMILES string of the molecule is CCN(CC(=O)NCc1cccs1)C(=O)C=Cc1cc(Cl)c2c(c1)OCCO2. The summed E-state index contributed by atoms with van der Waals surface area (Å²) in [7, 11) is 0. The molecule has 2 aromatic rings. The molecule has 8 heteroatoms. The third-order valence-corrected chi connectivity index (χ3v) is 5.26. The number of likely N-dealkylation sites (N-methyl/N-ethyl adjacent to an activating group) is 1. The van der Waals surface area contributed by atoms with E-state index in [1.807, 2.05) is 24.4 Å². The van der Waals surface area contributed by atoms with Crippen LogP contribution in [0.25, 0.3) is 6.08 Å². The van der Waals surface area contributed by atoms with E-state index < -0.39 is 0 Å². The van der Waals surface area contributed by atoms with Gasteiger partial charge in [0.05, 0.1) is 18.1 Å². The van der Waals surface area contributed by atoms with Crippen LogP contribution in [0.3, 0.4) is 0 Å². The molecule has 1 aromatic carbocycles. The molecule has 0 radical (unpaired) electrons. The second-order valence-electron chi connectivity index (χ2n) is 6.07. The summed E-state index contributed by atoms with van der Waals surface area (Å²) >= 11 is 7.79. The first-order valence-electron chi connectivity index (χ1n) is 8.92. The number of hydrogen-bond acceptors (Lipinski definition) is 5. The van der Waals surface area contributed by atoms with E-state index in [2.05, 4.69) is 5.32 Å². The van der Waals surface area contributed by atoms with Crippen LogP contribution >= 0.6 is 22.9 Å². The van der Waals surface area contributed by atoms with Crippen molar-refractivity contribution in [2.45, 2.75) is 13.5 Å². The van der Waals surface area contributed by atoms with Gasteiger partial charge >= 0.3 is 0 Å². The van der Waals surface area contributed by atoms with Gasteiger partial charge < -0.3 is 19.7 Å². The predicted octanol–water partition coefficient (Wildman–Crippen LogP) is 3.35. The summed E-state index contributed by atoms with van der Waals surface area (Å²) in [6, 6.07) is 7.37. The average Bonchev–Trinajstić information content (AvgIpc) is 3.22. The molecular formula is C20H21ClN2O4S. The van der Waals surface area contributed by atoms with Gasteiger partial charge in [-0.2, -0.15) is 0 Å². The van der Waals surface area contributed by atoms with Gasteiger partial charge in [-0.3, -0.25) is 9.59 Å². The number of carbonyl (C=O) groups is 2. The van der Waals surface area contributed by atoms with Crippen molar-refractivity contribution in [3.63, 3.8) is 0 Å². The minimum absolute atomic E-state index is 0.00689. The highest BCUT2D eigenvalue weighted by Crippen LogP contribution is 2.38. The number of hydrogen-bond donors (Lipinski definition) is 1. The minimum atomic E-state index is -0.250. The molecule has 28 heavy (non-hydrogen) atoms. The Morgan fingerprint density at radius 1 is 1.32 bits per heavy atom. The lowest BCUT2D eigenvalue weighted by atomic mass is 10.1. The van der Waals surface area contributed by atoms with Crippen LogP contribution in [0.5, 0.6) is 11.5 Å². The van der Waals surface area contributed by atoms with E-state index in [0.717, 1.165) is 10.4 Å². The number of benzene rings is 1. The standard InChI is InChI=1S/C20H21ClN2O4S/c1-2-23(13-18(24)22-12-15-4-3-9-28-15)19(25)6-5-14-10-16(21)20-17(11-14)26-7-8-27-20/h3-6,9-11H,2,7-8,12-13H2,1H3,(H,22,24). The summed E-state index contributed by atoms with van der Waals surface area (Å²) in [5.41, 5.74) is 0.723. The Balaban J connectivity index is 1.58. The number of carbonyl (C=O) groups excluding carboxylic acids is 2. The van der Waals surface area contributed by atoms with Crippen LogP contribution < -0.4 is 14.8 Å². The first-order valence-corrected chi connectivity index (χ1v) is 10.2. The molecular weight excluding hydrogens is 400 g/mol. The number of rotatable bonds is 7.